The van der Waals surface area contributed by atoms with Crippen molar-refractivity contribution in [2.24, 2.45) is 5.84 Å². The number of carbonyl (C=O) groups is 1. The van der Waals surface area contributed by atoms with E-state index in [0.29, 0.717) is 11.5 Å². The van der Waals surface area contributed by atoms with E-state index >= 15 is 0 Å². The molecule has 4 N–H and O–H groups in total. The Bertz CT molecular complexity index is 652. The van der Waals surface area contributed by atoms with Gasteiger partial charge in [-0.1, -0.05) is 37.6 Å². The minimum Gasteiger partial charge on any atom is -0.346 e. The molecule has 0 aliphatic heterocycles. The van der Waals surface area contributed by atoms with E-state index in [1.807, 2.05) is 38.1 Å². The maximum atomic E-state index is 12.4. The molecule has 1 heterocycles. The van der Waals surface area contributed by atoms with E-state index in [9.17, 15) is 4.79 Å². The molecule has 2 rings (SSSR count). The molecule has 0 fully saturated rings. The Kier molecular flexibility index (Phi) is 4.43. The van der Waals surface area contributed by atoms with Crippen LogP contribution in [0, 0.1) is 0 Å². The van der Waals surface area contributed by atoms with Crippen molar-refractivity contribution >= 4 is 22.5 Å². The van der Waals surface area contributed by atoms with Gasteiger partial charge in [-0.05, 0) is 31.7 Å². The van der Waals surface area contributed by atoms with E-state index in [1.165, 1.54) is 0 Å². The second-order valence-electron chi connectivity index (χ2n) is 5.81. The highest BCUT2D eigenvalue weighted by atomic mass is 16.2. The number of amides is 1. The molecule has 1 aromatic carbocycles. The Hall–Kier alpha value is -2.14. The highest BCUT2D eigenvalue weighted by Gasteiger charge is 2.21. The van der Waals surface area contributed by atoms with Crippen LogP contribution in [0.5, 0.6) is 0 Å². The number of nitrogens with zero attached hydrogens (tertiary/aromatic N) is 1. The van der Waals surface area contributed by atoms with E-state index in [2.05, 4.69) is 22.7 Å². The first-order valence-electron chi connectivity index (χ1n) is 7.16. The molecule has 1 aromatic heterocycles. The molecule has 0 spiro atoms. The standard InChI is InChI=1S/C16H22N4O/c1-4-9-16(2,3)19-15(21)13-10-11-7-5-6-8-12(11)14(18-13)20-17/h5-8,10H,4,9,17H2,1-3H3,(H,18,20)(H,19,21). The minimum atomic E-state index is -0.254. The zero-order valence-corrected chi connectivity index (χ0v) is 12.7. The van der Waals surface area contributed by atoms with Crippen molar-refractivity contribution in [1.82, 2.24) is 10.3 Å². The van der Waals surface area contributed by atoms with Crippen LogP contribution in [0.1, 0.15) is 44.1 Å². The normalized spacial score (nSPS) is 11.4. The fraction of sp³-hybridized carbons (Fsp3) is 0.375. The van der Waals surface area contributed by atoms with Gasteiger partial charge in [0.05, 0.1) is 0 Å². The molecule has 5 heteroatoms. The molecule has 1 amide bonds. The lowest BCUT2D eigenvalue weighted by Crippen LogP contribution is -2.43. The molecule has 0 atom stereocenters. The van der Waals surface area contributed by atoms with Crippen molar-refractivity contribution < 1.29 is 4.79 Å². The summed E-state index contributed by atoms with van der Waals surface area (Å²) in [4.78, 5) is 16.7. The number of benzene rings is 1. The number of aromatic nitrogens is 1. The number of carbonyl (C=O) groups excluding carboxylic acids is 1. The third-order valence-electron chi connectivity index (χ3n) is 3.44. The second kappa shape index (κ2) is 6.10. The van der Waals surface area contributed by atoms with Gasteiger partial charge in [-0.2, -0.15) is 0 Å². The predicted octanol–water partition coefficient (Wildman–Crippen LogP) is 2.83. The summed E-state index contributed by atoms with van der Waals surface area (Å²) in [6, 6.07) is 9.47. The Morgan fingerprint density at radius 3 is 2.71 bits per heavy atom. The average molecular weight is 286 g/mol. The van der Waals surface area contributed by atoms with Crippen molar-refractivity contribution in [1.29, 1.82) is 0 Å². The van der Waals surface area contributed by atoms with Crippen LogP contribution in [0.25, 0.3) is 10.8 Å². The van der Waals surface area contributed by atoms with Crippen LogP contribution < -0.4 is 16.6 Å². The number of nitrogens with one attached hydrogen (secondary N) is 2. The summed E-state index contributed by atoms with van der Waals surface area (Å²) in [5.74, 6) is 5.84. The van der Waals surface area contributed by atoms with Crippen LogP contribution in [0.2, 0.25) is 0 Å². The maximum absolute atomic E-state index is 12.4. The van der Waals surface area contributed by atoms with Gasteiger partial charge in [0, 0.05) is 10.9 Å². The number of hydrazine groups is 1. The number of anilines is 1. The van der Waals surface area contributed by atoms with E-state index in [0.717, 1.165) is 23.6 Å². The van der Waals surface area contributed by atoms with Crippen molar-refractivity contribution in [2.45, 2.75) is 39.2 Å². The smallest absolute Gasteiger partial charge is 0.270 e. The molecular weight excluding hydrogens is 264 g/mol. The van der Waals surface area contributed by atoms with Crippen LogP contribution in [0.3, 0.4) is 0 Å². The SMILES string of the molecule is CCCC(C)(C)NC(=O)c1cc2ccccc2c(NN)n1. The Labute approximate surface area is 124 Å². The molecular formula is C16H22N4O. The van der Waals surface area contributed by atoms with Crippen molar-refractivity contribution in [3.8, 4) is 0 Å². The van der Waals surface area contributed by atoms with E-state index in [-0.39, 0.29) is 11.4 Å². The molecule has 0 bridgehead atoms. The first-order chi connectivity index (χ1) is 9.96. The van der Waals surface area contributed by atoms with Crippen LogP contribution in [0.15, 0.2) is 30.3 Å². The van der Waals surface area contributed by atoms with Gasteiger partial charge >= 0.3 is 0 Å². The van der Waals surface area contributed by atoms with Gasteiger partial charge < -0.3 is 10.7 Å². The number of nitrogen functional groups attached to an aromatic ring is 1. The third kappa shape index (κ3) is 3.49. The summed E-state index contributed by atoms with van der Waals surface area (Å²) in [6.45, 7) is 6.12. The topological polar surface area (TPSA) is 80.0 Å². The largest absolute Gasteiger partial charge is 0.346 e. The fourth-order valence-corrected chi connectivity index (χ4v) is 2.48. The highest BCUT2D eigenvalue weighted by Crippen LogP contribution is 2.22. The summed E-state index contributed by atoms with van der Waals surface area (Å²) >= 11 is 0. The quantitative estimate of drug-likeness (QED) is 0.583. The van der Waals surface area contributed by atoms with Crippen molar-refractivity contribution in [3.63, 3.8) is 0 Å². The Morgan fingerprint density at radius 1 is 1.33 bits per heavy atom. The van der Waals surface area contributed by atoms with Crippen molar-refractivity contribution in [2.75, 3.05) is 5.43 Å². The summed E-state index contributed by atoms with van der Waals surface area (Å²) in [5.41, 5.74) is 2.67. The van der Waals surface area contributed by atoms with Crippen molar-refractivity contribution in [3.05, 3.63) is 36.0 Å². The van der Waals surface area contributed by atoms with Gasteiger partial charge in [0.1, 0.15) is 11.5 Å². The zero-order valence-electron chi connectivity index (χ0n) is 12.7. The van der Waals surface area contributed by atoms with E-state index in [4.69, 9.17) is 5.84 Å². The van der Waals surface area contributed by atoms with Crippen LogP contribution in [-0.2, 0) is 0 Å². The van der Waals surface area contributed by atoms with Crippen LogP contribution in [0.4, 0.5) is 5.82 Å². The first-order valence-corrected chi connectivity index (χ1v) is 7.16. The summed E-state index contributed by atoms with van der Waals surface area (Å²) < 4.78 is 0. The zero-order chi connectivity index (χ0) is 15.5. The van der Waals surface area contributed by atoms with Gasteiger partial charge in [0.15, 0.2) is 0 Å². The molecule has 0 aliphatic carbocycles. The van der Waals surface area contributed by atoms with Gasteiger partial charge in [-0.15, -0.1) is 0 Å². The third-order valence-corrected chi connectivity index (χ3v) is 3.44. The Balaban J connectivity index is 2.36. The molecule has 0 unspecified atom stereocenters. The van der Waals surface area contributed by atoms with E-state index < -0.39 is 0 Å². The highest BCUT2D eigenvalue weighted by molar-refractivity contribution is 6.00. The predicted molar refractivity (Wildman–Crippen MR) is 86.0 cm³/mol. The van der Waals surface area contributed by atoms with E-state index in [1.54, 1.807) is 6.07 Å². The molecule has 0 aliphatic rings. The fourth-order valence-electron chi connectivity index (χ4n) is 2.48. The number of nitrogens with two attached hydrogens (primary N) is 1. The summed E-state index contributed by atoms with van der Waals surface area (Å²) in [7, 11) is 0. The number of fused-ring (bicyclic) bond motifs is 1. The molecule has 21 heavy (non-hydrogen) atoms. The lowest BCUT2D eigenvalue weighted by atomic mass is 9.98. The number of hydrogen-bond acceptors (Lipinski definition) is 4. The molecule has 0 radical (unpaired) electrons. The maximum Gasteiger partial charge on any atom is 0.270 e. The summed E-state index contributed by atoms with van der Waals surface area (Å²) in [6.07, 6.45) is 1.92. The lowest BCUT2D eigenvalue weighted by Gasteiger charge is -2.25. The molecule has 2 aromatic rings. The van der Waals surface area contributed by atoms with Gasteiger partial charge in [0.25, 0.3) is 5.91 Å². The van der Waals surface area contributed by atoms with Crippen LogP contribution in [-0.4, -0.2) is 16.4 Å². The van der Waals surface area contributed by atoms with Gasteiger partial charge in [-0.3, -0.25) is 4.79 Å². The number of pyridine rings is 1. The minimum absolute atomic E-state index is 0.185. The van der Waals surface area contributed by atoms with Crippen LogP contribution >= 0.6 is 0 Å². The molecule has 5 nitrogen and oxygen atoms in total. The number of rotatable bonds is 5. The average Bonchev–Trinajstić information content (AvgIpc) is 2.45. The number of hydrogen-bond donors (Lipinski definition) is 3. The monoisotopic (exact) mass is 286 g/mol. The molecule has 112 valence electrons. The molecule has 0 saturated heterocycles. The second-order valence-corrected chi connectivity index (χ2v) is 5.81. The van der Waals surface area contributed by atoms with Gasteiger partial charge in [-0.25, -0.2) is 10.8 Å². The Morgan fingerprint density at radius 2 is 2.05 bits per heavy atom. The summed E-state index contributed by atoms with van der Waals surface area (Å²) in [5, 5.41) is 4.84. The first kappa shape index (κ1) is 15.3. The van der Waals surface area contributed by atoms with Gasteiger partial charge in [0.2, 0.25) is 0 Å². The lowest BCUT2D eigenvalue weighted by molar-refractivity contribution is 0.0904. The molecule has 0 saturated carbocycles.